The molecule has 110 valence electrons. The lowest BCUT2D eigenvalue weighted by atomic mass is 10.1. The van der Waals surface area contributed by atoms with E-state index in [9.17, 15) is 10.1 Å². The quantitative estimate of drug-likeness (QED) is 0.654. The van der Waals surface area contributed by atoms with Crippen LogP contribution in [0.4, 0.5) is 17.3 Å². The normalized spacial score (nSPS) is 19.1. The van der Waals surface area contributed by atoms with Gasteiger partial charge in [-0.3, -0.25) is 10.1 Å². The summed E-state index contributed by atoms with van der Waals surface area (Å²) in [7, 11) is 0. The first kappa shape index (κ1) is 14.5. The average Bonchev–Trinajstić information content (AvgIpc) is 2.45. The molecule has 1 aliphatic rings. The van der Waals surface area contributed by atoms with Crippen molar-refractivity contribution in [2.75, 3.05) is 30.3 Å². The summed E-state index contributed by atoms with van der Waals surface area (Å²) in [4.78, 5) is 16.4. The standard InChI is InChI=1S/C13H20N4O3/c1-2-8-20-10-4-3-7-16(9-10)12-6-5-11(17(18)19)13(14)15-12/h5-6,10H,2-4,7-9H2,1H3,(H2,14,15). The summed E-state index contributed by atoms with van der Waals surface area (Å²) >= 11 is 0. The smallest absolute Gasteiger partial charge is 0.311 e. The zero-order chi connectivity index (χ0) is 14.5. The van der Waals surface area contributed by atoms with Crippen molar-refractivity contribution < 1.29 is 9.66 Å². The number of nitrogens with two attached hydrogens (primary N) is 1. The van der Waals surface area contributed by atoms with Gasteiger partial charge in [0.25, 0.3) is 0 Å². The molecular weight excluding hydrogens is 260 g/mol. The maximum atomic E-state index is 10.7. The Bertz CT molecular complexity index is 481. The van der Waals surface area contributed by atoms with Crippen LogP contribution in [-0.4, -0.2) is 35.7 Å². The molecule has 0 spiro atoms. The monoisotopic (exact) mass is 280 g/mol. The van der Waals surface area contributed by atoms with Crippen LogP contribution < -0.4 is 10.6 Å². The Hall–Kier alpha value is -1.89. The van der Waals surface area contributed by atoms with Crippen molar-refractivity contribution >= 4 is 17.3 Å². The maximum absolute atomic E-state index is 10.7. The Labute approximate surface area is 117 Å². The highest BCUT2D eigenvalue weighted by atomic mass is 16.6. The Morgan fingerprint density at radius 3 is 3.05 bits per heavy atom. The predicted molar refractivity (Wildman–Crippen MR) is 76.8 cm³/mol. The summed E-state index contributed by atoms with van der Waals surface area (Å²) in [5, 5.41) is 10.7. The van der Waals surface area contributed by atoms with E-state index in [4.69, 9.17) is 10.5 Å². The zero-order valence-electron chi connectivity index (χ0n) is 11.6. The Morgan fingerprint density at radius 2 is 2.40 bits per heavy atom. The second kappa shape index (κ2) is 6.51. The minimum atomic E-state index is -0.518. The summed E-state index contributed by atoms with van der Waals surface area (Å²) in [6.45, 7) is 4.47. The number of hydrogen-bond acceptors (Lipinski definition) is 6. The topological polar surface area (TPSA) is 94.5 Å². The average molecular weight is 280 g/mol. The second-order valence-corrected chi connectivity index (χ2v) is 4.91. The Morgan fingerprint density at radius 1 is 1.60 bits per heavy atom. The van der Waals surface area contributed by atoms with Crippen molar-refractivity contribution in [3.63, 3.8) is 0 Å². The van der Waals surface area contributed by atoms with Crippen LogP contribution in [0.3, 0.4) is 0 Å². The van der Waals surface area contributed by atoms with E-state index in [-0.39, 0.29) is 17.6 Å². The molecule has 0 amide bonds. The first-order valence-corrected chi connectivity index (χ1v) is 6.89. The zero-order valence-corrected chi connectivity index (χ0v) is 11.6. The van der Waals surface area contributed by atoms with Crippen LogP contribution in [0.15, 0.2) is 12.1 Å². The molecule has 1 aliphatic heterocycles. The third kappa shape index (κ3) is 3.36. The number of piperidine rings is 1. The van der Waals surface area contributed by atoms with E-state index in [1.165, 1.54) is 6.07 Å². The largest absolute Gasteiger partial charge is 0.378 e. The van der Waals surface area contributed by atoms with Crippen LogP contribution in [0, 0.1) is 10.1 Å². The summed E-state index contributed by atoms with van der Waals surface area (Å²) in [5.41, 5.74) is 5.48. The van der Waals surface area contributed by atoms with Gasteiger partial charge in [-0.15, -0.1) is 0 Å². The number of nitro groups is 1. The lowest BCUT2D eigenvalue weighted by Crippen LogP contribution is -2.40. The minimum Gasteiger partial charge on any atom is -0.378 e. The fraction of sp³-hybridized carbons (Fsp3) is 0.615. The van der Waals surface area contributed by atoms with Gasteiger partial charge in [-0.05, 0) is 25.3 Å². The van der Waals surface area contributed by atoms with E-state index in [0.717, 1.165) is 39.0 Å². The van der Waals surface area contributed by atoms with Gasteiger partial charge in [0.05, 0.1) is 11.0 Å². The van der Waals surface area contributed by atoms with Crippen LogP contribution in [0.2, 0.25) is 0 Å². The molecule has 0 bridgehead atoms. The second-order valence-electron chi connectivity index (χ2n) is 4.91. The van der Waals surface area contributed by atoms with Crippen LogP contribution >= 0.6 is 0 Å². The van der Waals surface area contributed by atoms with Gasteiger partial charge in [-0.1, -0.05) is 6.92 Å². The Kier molecular flexibility index (Phi) is 4.73. The first-order valence-electron chi connectivity index (χ1n) is 6.89. The number of anilines is 2. The summed E-state index contributed by atoms with van der Waals surface area (Å²) < 4.78 is 5.77. The molecule has 1 saturated heterocycles. The molecule has 0 aromatic carbocycles. The van der Waals surface area contributed by atoms with Gasteiger partial charge in [-0.25, -0.2) is 4.98 Å². The lowest BCUT2D eigenvalue weighted by Gasteiger charge is -2.33. The van der Waals surface area contributed by atoms with Crippen molar-refractivity contribution in [3.8, 4) is 0 Å². The van der Waals surface area contributed by atoms with Crippen molar-refractivity contribution in [2.45, 2.75) is 32.3 Å². The molecule has 2 rings (SSSR count). The third-order valence-corrected chi connectivity index (χ3v) is 3.34. The van der Waals surface area contributed by atoms with Crippen molar-refractivity contribution in [2.24, 2.45) is 0 Å². The molecule has 7 heteroatoms. The fourth-order valence-electron chi connectivity index (χ4n) is 2.35. The van der Waals surface area contributed by atoms with E-state index in [1.807, 2.05) is 0 Å². The molecule has 1 aromatic rings. The van der Waals surface area contributed by atoms with E-state index >= 15 is 0 Å². The molecule has 20 heavy (non-hydrogen) atoms. The van der Waals surface area contributed by atoms with Gasteiger partial charge >= 0.3 is 5.69 Å². The molecule has 0 saturated carbocycles. The summed E-state index contributed by atoms with van der Waals surface area (Å²) in [6, 6.07) is 3.06. The van der Waals surface area contributed by atoms with E-state index in [2.05, 4.69) is 16.8 Å². The van der Waals surface area contributed by atoms with Gasteiger partial charge in [0, 0.05) is 25.8 Å². The number of nitrogen functional groups attached to an aromatic ring is 1. The molecular formula is C13H20N4O3. The number of aromatic nitrogens is 1. The van der Waals surface area contributed by atoms with E-state index in [0.29, 0.717) is 5.82 Å². The van der Waals surface area contributed by atoms with Gasteiger partial charge in [0.2, 0.25) is 5.82 Å². The van der Waals surface area contributed by atoms with Crippen molar-refractivity contribution in [1.29, 1.82) is 0 Å². The SMILES string of the molecule is CCCOC1CCCN(c2ccc([N+](=O)[O-])c(N)n2)C1. The highest BCUT2D eigenvalue weighted by molar-refractivity contribution is 5.58. The molecule has 1 fully saturated rings. The van der Waals surface area contributed by atoms with Crippen LogP contribution in [0.5, 0.6) is 0 Å². The van der Waals surface area contributed by atoms with Crippen molar-refractivity contribution in [1.82, 2.24) is 4.98 Å². The molecule has 1 unspecified atom stereocenters. The molecule has 2 heterocycles. The van der Waals surface area contributed by atoms with E-state index in [1.54, 1.807) is 6.07 Å². The van der Waals surface area contributed by atoms with E-state index < -0.39 is 4.92 Å². The molecule has 1 atom stereocenters. The van der Waals surface area contributed by atoms with Crippen LogP contribution in [0.1, 0.15) is 26.2 Å². The third-order valence-electron chi connectivity index (χ3n) is 3.34. The highest BCUT2D eigenvalue weighted by Crippen LogP contribution is 2.25. The molecule has 0 radical (unpaired) electrons. The molecule has 0 aliphatic carbocycles. The van der Waals surface area contributed by atoms with Crippen LogP contribution in [0.25, 0.3) is 0 Å². The number of nitrogens with zero attached hydrogens (tertiary/aromatic N) is 3. The lowest BCUT2D eigenvalue weighted by molar-refractivity contribution is -0.384. The van der Waals surface area contributed by atoms with Gasteiger partial charge in [0.15, 0.2) is 0 Å². The number of hydrogen-bond donors (Lipinski definition) is 1. The number of pyridine rings is 1. The summed E-state index contributed by atoms with van der Waals surface area (Å²) in [5.74, 6) is 0.641. The predicted octanol–water partition coefficient (Wildman–Crippen LogP) is 1.97. The number of rotatable bonds is 5. The van der Waals surface area contributed by atoms with Gasteiger partial charge in [0.1, 0.15) is 5.82 Å². The molecule has 2 N–H and O–H groups in total. The number of ether oxygens (including phenoxy) is 1. The van der Waals surface area contributed by atoms with Gasteiger partial charge < -0.3 is 15.4 Å². The van der Waals surface area contributed by atoms with Crippen LogP contribution in [-0.2, 0) is 4.74 Å². The Balaban J connectivity index is 2.07. The molecule has 7 nitrogen and oxygen atoms in total. The minimum absolute atomic E-state index is 0.0379. The summed E-state index contributed by atoms with van der Waals surface area (Å²) in [6.07, 6.45) is 3.26. The fourth-order valence-corrected chi connectivity index (χ4v) is 2.35. The first-order chi connectivity index (χ1) is 9.61. The van der Waals surface area contributed by atoms with Crippen molar-refractivity contribution in [3.05, 3.63) is 22.2 Å². The maximum Gasteiger partial charge on any atom is 0.311 e. The highest BCUT2D eigenvalue weighted by Gasteiger charge is 2.23. The van der Waals surface area contributed by atoms with Gasteiger partial charge in [-0.2, -0.15) is 0 Å². The molecule has 1 aromatic heterocycles.